The molecule has 0 saturated heterocycles. The van der Waals surface area contributed by atoms with Gasteiger partial charge in [0, 0.05) is 7.05 Å². The molecule has 0 spiro atoms. The van der Waals surface area contributed by atoms with E-state index >= 15 is 0 Å². The zero-order valence-electron chi connectivity index (χ0n) is 14.0. The average molecular weight is 312 g/mol. The SMILES string of the molecule is Cn1nc(C(=O)O)cc1-c1ccc(C2CCCC(C)(C)C2)cc1. The predicted octanol–water partition coefficient (Wildman–Crippen LogP) is 4.47. The Labute approximate surface area is 137 Å². The van der Waals surface area contributed by atoms with E-state index in [-0.39, 0.29) is 5.69 Å². The molecule has 1 atom stereocenters. The Kier molecular flexibility index (Phi) is 4.00. The van der Waals surface area contributed by atoms with Crippen LogP contribution in [0.4, 0.5) is 0 Å². The van der Waals surface area contributed by atoms with Crippen molar-refractivity contribution in [2.75, 3.05) is 0 Å². The summed E-state index contributed by atoms with van der Waals surface area (Å²) in [6.45, 7) is 4.72. The third-order valence-corrected chi connectivity index (χ3v) is 4.98. The first-order valence-corrected chi connectivity index (χ1v) is 8.23. The molecule has 122 valence electrons. The predicted molar refractivity (Wildman–Crippen MR) is 90.6 cm³/mol. The summed E-state index contributed by atoms with van der Waals surface area (Å²) < 4.78 is 1.63. The number of carboxylic acids is 1. The summed E-state index contributed by atoms with van der Waals surface area (Å²) in [5, 5.41) is 13.1. The molecule has 0 amide bonds. The first kappa shape index (κ1) is 15.8. The van der Waals surface area contributed by atoms with Gasteiger partial charge in [-0.2, -0.15) is 5.10 Å². The molecule has 1 aromatic heterocycles. The average Bonchev–Trinajstić information content (AvgIpc) is 2.89. The van der Waals surface area contributed by atoms with Crippen LogP contribution in [0.15, 0.2) is 30.3 Å². The molecule has 4 heteroatoms. The smallest absolute Gasteiger partial charge is 0.356 e. The summed E-state index contributed by atoms with van der Waals surface area (Å²) in [6.07, 6.45) is 5.11. The molecule has 1 aliphatic carbocycles. The lowest BCUT2D eigenvalue weighted by Crippen LogP contribution is -2.21. The van der Waals surface area contributed by atoms with Crippen LogP contribution in [0.2, 0.25) is 0 Å². The van der Waals surface area contributed by atoms with E-state index in [1.807, 2.05) is 0 Å². The van der Waals surface area contributed by atoms with Crippen LogP contribution in [0, 0.1) is 5.41 Å². The van der Waals surface area contributed by atoms with Gasteiger partial charge < -0.3 is 5.11 Å². The highest BCUT2D eigenvalue weighted by Gasteiger charge is 2.28. The fourth-order valence-corrected chi connectivity index (χ4v) is 3.75. The number of carboxylic acid groups (broad SMARTS) is 1. The Morgan fingerprint density at radius 2 is 2.00 bits per heavy atom. The van der Waals surface area contributed by atoms with E-state index in [2.05, 4.69) is 43.2 Å². The number of rotatable bonds is 3. The van der Waals surface area contributed by atoms with Gasteiger partial charge in [0.1, 0.15) is 0 Å². The van der Waals surface area contributed by atoms with Crippen molar-refractivity contribution in [3.8, 4) is 11.3 Å². The van der Waals surface area contributed by atoms with Crippen molar-refractivity contribution >= 4 is 5.97 Å². The van der Waals surface area contributed by atoms with E-state index in [9.17, 15) is 4.79 Å². The number of carbonyl (C=O) groups is 1. The molecule has 2 aromatic rings. The lowest BCUT2D eigenvalue weighted by Gasteiger charge is -2.35. The van der Waals surface area contributed by atoms with Gasteiger partial charge in [-0.3, -0.25) is 4.68 Å². The van der Waals surface area contributed by atoms with Crippen molar-refractivity contribution in [1.29, 1.82) is 0 Å². The van der Waals surface area contributed by atoms with Crippen LogP contribution in [0.1, 0.15) is 61.5 Å². The summed E-state index contributed by atoms with van der Waals surface area (Å²) in [5.41, 5.74) is 3.74. The lowest BCUT2D eigenvalue weighted by atomic mass is 9.70. The molecule has 0 radical (unpaired) electrons. The van der Waals surface area contributed by atoms with E-state index in [4.69, 9.17) is 5.11 Å². The Hall–Kier alpha value is -2.10. The highest BCUT2D eigenvalue weighted by atomic mass is 16.4. The minimum atomic E-state index is -0.993. The van der Waals surface area contributed by atoms with Crippen LogP contribution in [0.3, 0.4) is 0 Å². The molecular weight excluding hydrogens is 288 g/mol. The lowest BCUT2D eigenvalue weighted by molar-refractivity contribution is 0.0689. The van der Waals surface area contributed by atoms with Gasteiger partial charge in [-0.05, 0) is 47.8 Å². The van der Waals surface area contributed by atoms with E-state index in [0.717, 1.165) is 11.3 Å². The number of nitrogens with zero attached hydrogens (tertiary/aromatic N) is 2. The van der Waals surface area contributed by atoms with E-state index < -0.39 is 5.97 Å². The van der Waals surface area contributed by atoms with Gasteiger partial charge in [-0.1, -0.05) is 44.5 Å². The van der Waals surface area contributed by atoms with Gasteiger partial charge >= 0.3 is 5.97 Å². The normalized spacial score (nSPS) is 20.4. The standard InChI is InChI=1S/C19H24N2O2/c1-19(2)10-4-5-15(12-19)13-6-8-14(9-7-13)17-11-16(18(22)23)20-21(17)3/h6-9,11,15H,4-5,10,12H2,1-3H3,(H,22,23). The molecule has 1 aliphatic rings. The van der Waals surface area contributed by atoms with Gasteiger partial charge in [0.05, 0.1) is 5.69 Å². The van der Waals surface area contributed by atoms with Crippen molar-refractivity contribution in [1.82, 2.24) is 9.78 Å². The molecule has 23 heavy (non-hydrogen) atoms. The topological polar surface area (TPSA) is 55.1 Å². The molecule has 0 bridgehead atoms. The number of hydrogen-bond acceptors (Lipinski definition) is 2. The van der Waals surface area contributed by atoms with Crippen LogP contribution in [-0.4, -0.2) is 20.9 Å². The van der Waals surface area contributed by atoms with Gasteiger partial charge in [0.2, 0.25) is 0 Å². The second kappa shape index (κ2) is 5.84. The van der Waals surface area contributed by atoms with Crippen LogP contribution >= 0.6 is 0 Å². The van der Waals surface area contributed by atoms with Gasteiger partial charge in [0.25, 0.3) is 0 Å². The molecule has 1 unspecified atom stereocenters. The minimum Gasteiger partial charge on any atom is -0.476 e. The minimum absolute atomic E-state index is 0.0839. The molecule has 1 N–H and O–H groups in total. The molecule has 0 aliphatic heterocycles. The van der Waals surface area contributed by atoms with E-state index in [1.54, 1.807) is 17.8 Å². The number of benzene rings is 1. The van der Waals surface area contributed by atoms with Crippen molar-refractivity contribution < 1.29 is 9.90 Å². The second-order valence-corrected chi connectivity index (χ2v) is 7.42. The second-order valence-electron chi connectivity index (χ2n) is 7.42. The molecular formula is C19H24N2O2. The molecule has 1 fully saturated rings. The van der Waals surface area contributed by atoms with Gasteiger partial charge in [-0.15, -0.1) is 0 Å². The fraction of sp³-hybridized carbons (Fsp3) is 0.474. The molecule has 1 saturated carbocycles. The first-order chi connectivity index (χ1) is 10.9. The van der Waals surface area contributed by atoms with E-state index in [0.29, 0.717) is 11.3 Å². The summed E-state index contributed by atoms with van der Waals surface area (Å²) in [4.78, 5) is 11.0. The van der Waals surface area contributed by atoms with Gasteiger partial charge in [-0.25, -0.2) is 4.79 Å². The molecule has 4 nitrogen and oxygen atoms in total. The maximum Gasteiger partial charge on any atom is 0.356 e. The zero-order valence-corrected chi connectivity index (χ0v) is 14.0. The van der Waals surface area contributed by atoms with Crippen LogP contribution in [0.5, 0.6) is 0 Å². The number of aromatic nitrogens is 2. The fourth-order valence-electron chi connectivity index (χ4n) is 3.75. The third kappa shape index (κ3) is 3.31. The summed E-state index contributed by atoms with van der Waals surface area (Å²) in [6, 6.07) is 10.2. The zero-order chi connectivity index (χ0) is 16.6. The highest BCUT2D eigenvalue weighted by molar-refractivity contribution is 5.87. The molecule has 3 rings (SSSR count). The summed E-state index contributed by atoms with van der Waals surface area (Å²) in [7, 11) is 1.78. The molecule has 1 heterocycles. The number of aromatic carboxylic acids is 1. The quantitative estimate of drug-likeness (QED) is 0.909. The third-order valence-electron chi connectivity index (χ3n) is 4.98. The Morgan fingerprint density at radius 3 is 2.57 bits per heavy atom. The van der Waals surface area contributed by atoms with E-state index in [1.165, 1.54) is 31.2 Å². The molecule has 1 aromatic carbocycles. The maximum atomic E-state index is 11.0. The Bertz CT molecular complexity index is 713. The highest BCUT2D eigenvalue weighted by Crippen LogP contribution is 2.43. The van der Waals surface area contributed by atoms with Crippen molar-refractivity contribution in [2.45, 2.75) is 45.4 Å². The van der Waals surface area contributed by atoms with Crippen molar-refractivity contribution in [2.24, 2.45) is 12.5 Å². The monoisotopic (exact) mass is 312 g/mol. The van der Waals surface area contributed by atoms with Crippen molar-refractivity contribution in [3.63, 3.8) is 0 Å². The first-order valence-electron chi connectivity index (χ1n) is 8.23. The number of hydrogen-bond donors (Lipinski definition) is 1. The van der Waals surface area contributed by atoms with Crippen LogP contribution in [-0.2, 0) is 7.05 Å². The van der Waals surface area contributed by atoms with Crippen LogP contribution < -0.4 is 0 Å². The Balaban J connectivity index is 1.83. The summed E-state index contributed by atoms with van der Waals surface area (Å²) >= 11 is 0. The maximum absolute atomic E-state index is 11.0. The summed E-state index contributed by atoms with van der Waals surface area (Å²) in [5.74, 6) is -0.359. The van der Waals surface area contributed by atoms with Crippen molar-refractivity contribution in [3.05, 3.63) is 41.6 Å². The number of aryl methyl sites for hydroxylation is 1. The largest absolute Gasteiger partial charge is 0.476 e. The Morgan fingerprint density at radius 1 is 1.30 bits per heavy atom. The van der Waals surface area contributed by atoms with Gasteiger partial charge in [0.15, 0.2) is 5.69 Å². The van der Waals surface area contributed by atoms with Crippen LogP contribution in [0.25, 0.3) is 11.3 Å².